The van der Waals surface area contributed by atoms with E-state index in [-0.39, 0.29) is 22.9 Å². The number of carbonyl (C=O) groups is 3. The van der Waals surface area contributed by atoms with E-state index in [4.69, 9.17) is 25.8 Å². The minimum Gasteiger partial charge on any atom is -0.490 e. The Labute approximate surface area is 260 Å². The maximum Gasteiger partial charge on any atom is 0.335 e. The molecule has 0 aromatic heterocycles. The molecular formula is C35H31ClN2O6. The number of ether oxygens (including phenoxy) is 3. The highest BCUT2D eigenvalue weighted by Crippen LogP contribution is 2.38. The molecule has 1 heterocycles. The predicted octanol–water partition coefficient (Wildman–Crippen LogP) is 7.18. The second kappa shape index (κ2) is 13.5. The molecule has 5 rings (SSSR count). The molecule has 1 aliphatic rings. The van der Waals surface area contributed by atoms with Crippen LogP contribution in [-0.4, -0.2) is 24.5 Å². The van der Waals surface area contributed by atoms with Crippen LogP contribution in [0, 0.1) is 13.8 Å². The van der Waals surface area contributed by atoms with Crippen molar-refractivity contribution in [3.8, 4) is 17.2 Å². The molecule has 1 saturated heterocycles. The lowest BCUT2D eigenvalue weighted by atomic mass is 10.1. The highest BCUT2D eigenvalue weighted by Gasteiger charge is 2.37. The van der Waals surface area contributed by atoms with Crippen LogP contribution >= 0.6 is 11.6 Å². The molecule has 224 valence electrons. The third kappa shape index (κ3) is 7.10. The second-order valence-electron chi connectivity index (χ2n) is 10.3. The summed E-state index contributed by atoms with van der Waals surface area (Å²) in [5.41, 5.74) is 4.70. The van der Waals surface area contributed by atoms with Crippen molar-refractivity contribution >= 4 is 41.2 Å². The number of rotatable bonds is 10. The van der Waals surface area contributed by atoms with Gasteiger partial charge in [0.05, 0.1) is 17.3 Å². The predicted molar refractivity (Wildman–Crippen MR) is 169 cm³/mol. The average Bonchev–Trinajstić information content (AvgIpc) is 2.98. The summed E-state index contributed by atoms with van der Waals surface area (Å²) in [7, 11) is 0. The van der Waals surface area contributed by atoms with Crippen molar-refractivity contribution in [1.82, 2.24) is 5.32 Å². The molecule has 0 bridgehead atoms. The van der Waals surface area contributed by atoms with E-state index in [9.17, 15) is 14.4 Å². The fraction of sp³-hybridized carbons (Fsp3) is 0.171. The first kappa shape index (κ1) is 30.4. The number of amides is 4. The zero-order valence-corrected chi connectivity index (χ0v) is 25.3. The van der Waals surface area contributed by atoms with Crippen molar-refractivity contribution < 1.29 is 28.6 Å². The zero-order chi connectivity index (χ0) is 31.2. The van der Waals surface area contributed by atoms with Gasteiger partial charge in [-0.1, -0.05) is 71.3 Å². The van der Waals surface area contributed by atoms with Crippen LogP contribution in [0.1, 0.15) is 34.7 Å². The van der Waals surface area contributed by atoms with Crippen LogP contribution in [0.3, 0.4) is 0 Å². The number of urea groups is 1. The molecule has 0 aliphatic carbocycles. The maximum absolute atomic E-state index is 13.5. The first-order valence-electron chi connectivity index (χ1n) is 14.1. The van der Waals surface area contributed by atoms with E-state index in [1.165, 1.54) is 6.08 Å². The molecule has 1 N–H and O–H groups in total. The Hall–Kier alpha value is -5.08. The third-order valence-electron chi connectivity index (χ3n) is 6.75. The monoisotopic (exact) mass is 610 g/mol. The molecule has 0 unspecified atom stereocenters. The molecule has 0 spiro atoms. The molecule has 44 heavy (non-hydrogen) atoms. The lowest BCUT2D eigenvalue weighted by molar-refractivity contribution is -0.122. The molecule has 0 radical (unpaired) electrons. The molecular weight excluding hydrogens is 580 g/mol. The number of hydrogen-bond donors (Lipinski definition) is 1. The number of carbonyl (C=O) groups excluding carboxylic acids is 3. The van der Waals surface area contributed by atoms with Crippen LogP contribution in [0.25, 0.3) is 6.08 Å². The van der Waals surface area contributed by atoms with Gasteiger partial charge < -0.3 is 14.2 Å². The van der Waals surface area contributed by atoms with Gasteiger partial charge in [0.25, 0.3) is 11.8 Å². The van der Waals surface area contributed by atoms with E-state index in [2.05, 4.69) is 11.4 Å². The number of nitrogens with zero attached hydrogens (tertiary/aromatic N) is 1. The first-order valence-corrected chi connectivity index (χ1v) is 14.4. The lowest BCUT2D eigenvalue weighted by Crippen LogP contribution is -2.54. The van der Waals surface area contributed by atoms with Crippen molar-refractivity contribution in [3.05, 3.63) is 123 Å². The Morgan fingerprint density at radius 1 is 0.795 bits per heavy atom. The molecule has 9 heteroatoms. The van der Waals surface area contributed by atoms with Crippen LogP contribution in [0.4, 0.5) is 10.5 Å². The number of hydrogen-bond acceptors (Lipinski definition) is 6. The van der Waals surface area contributed by atoms with Gasteiger partial charge in [-0.15, -0.1) is 0 Å². The molecule has 4 amide bonds. The van der Waals surface area contributed by atoms with E-state index >= 15 is 0 Å². The molecule has 1 fully saturated rings. The molecule has 0 saturated carbocycles. The van der Waals surface area contributed by atoms with Gasteiger partial charge >= 0.3 is 6.03 Å². The van der Waals surface area contributed by atoms with E-state index in [0.29, 0.717) is 36.0 Å². The quantitative estimate of drug-likeness (QED) is 0.151. The Kier molecular flexibility index (Phi) is 9.31. The Morgan fingerprint density at radius 3 is 2.16 bits per heavy atom. The van der Waals surface area contributed by atoms with Crippen LogP contribution in [0.15, 0.2) is 90.5 Å². The Balaban J connectivity index is 1.36. The fourth-order valence-electron chi connectivity index (χ4n) is 4.87. The number of halogens is 1. The van der Waals surface area contributed by atoms with Gasteiger partial charge in [-0.3, -0.25) is 14.9 Å². The van der Waals surface area contributed by atoms with E-state index in [1.54, 1.807) is 36.4 Å². The van der Waals surface area contributed by atoms with Crippen molar-refractivity contribution in [1.29, 1.82) is 0 Å². The normalized spacial score (nSPS) is 14.0. The molecule has 4 aromatic rings. The van der Waals surface area contributed by atoms with Crippen LogP contribution < -0.4 is 24.4 Å². The number of anilines is 1. The first-order chi connectivity index (χ1) is 21.2. The van der Waals surface area contributed by atoms with Crippen molar-refractivity contribution in [2.45, 2.75) is 34.0 Å². The summed E-state index contributed by atoms with van der Waals surface area (Å²) < 4.78 is 17.7. The summed E-state index contributed by atoms with van der Waals surface area (Å²) in [5, 5.41) is 2.49. The largest absolute Gasteiger partial charge is 0.490 e. The van der Waals surface area contributed by atoms with Crippen molar-refractivity contribution in [2.75, 3.05) is 11.5 Å². The number of nitrogens with one attached hydrogen (secondary N) is 1. The van der Waals surface area contributed by atoms with Gasteiger partial charge in [-0.05, 0) is 79.9 Å². The lowest BCUT2D eigenvalue weighted by Gasteiger charge is -2.26. The van der Waals surface area contributed by atoms with E-state index < -0.39 is 17.8 Å². The summed E-state index contributed by atoms with van der Waals surface area (Å²) in [6, 6.07) is 24.7. The minimum atomic E-state index is -0.849. The summed E-state index contributed by atoms with van der Waals surface area (Å²) in [4.78, 5) is 39.9. The average molecular weight is 611 g/mol. The summed E-state index contributed by atoms with van der Waals surface area (Å²) in [5.74, 6) is -0.323. The van der Waals surface area contributed by atoms with Gasteiger partial charge in [-0.2, -0.15) is 0 Å². The Morgan fingerprint density at radius 2 is 1.48 bits per heavy atom. The van der Waals surface area contributed by atoms with Crippen molar-refractivity contribution in [3.63, 3.8) is 0 Å². The highest BCUT2D eigenvalue weighted by atomic mass is 35.5. The smallest absolute Gasteiger partial charge is 0.335 e. The summed E-state index contributed by atoms with van der Waals surface area (Å²) >= 11 is 6.62. The summed E-state index contributed by atoms with van der Waals surface area (Å²) in [6.45, 7) is 6.84. The SMILES string of the molecule is CCOc1cc(/C=C2\C(=O)NC(=O)N(c3ccc(OCc4ccccc4)cc3)C2=O)cc(Cl)c1OCc1cc(C)cc(C)c1. The topological polar surface area (TPSA) is 94.2 Å². The van der Waals surface area contributed by atoms with Crippen LogP contribution in [0.5, 0.6) is 17.2 Å². The van der Waals surface area contributed by atoms with E-state index in [0.717, 1.165) is 27.2 Å². The number of aryl methyl sites for hydroxylation is 2. The molecule has 0 atom stereocenters. The minimum absolute atomic E-state index is 0.239. The fourth-order valence-corrected chi connectivity index (χ4v) is 5.15. The number of imide groups is 2. The van der Waals surface area contributed by atoms with Gasteiger partial charge in [-0.25, -0.2) is 9.69 Å². The number of benzene rings is 4. The van der Waals surface area contributed by atoms with Crippen molar-refractivity contribution in [2.24, 2.45) is 0 Å². The summed E-state index contributed by atoms with van der Waals surface area (Å²) in [6.07, 6.45) is 1.37. The van der Waals surface area contributed by atoms with Gasteiger partial charge in [0.1, 0.15) is 24.5 Å². The van der Waals surface area contributed by atoms with Crippen LogP contribution in [-0.2, 0) is 22.8 Å². The standard InChI is InChI=1S/C35H31ClN2O6/c1-4-42-31-19-25(18-30(36)32(31)44-21-26-15-22(2)14-23(3)16-26)17-29-33(39)37-35(41)38(34(29)40)27-10-12-28(13-11-27)43-20-24-8-6-5-7-9-24/h5-19H,4,20-21H2,1-3H3,(H,37,39,41)/b29-17+. The molecule has 1 aliphatic heterocycles. The van der Waals surface area contributed by atoms with Crippen LogP contribution in [0.2, 0.25) is 5.02 Å². The van der Waals surface area contributed by atoms with Gasteiger partial charge in [0.2, 0.25) is 0 Å². The molecule has 4 aromatic carbocycles. The zero-order valence-electron chi connectivity index (χ0n) is 24.6. The highest BCUT2D eigenvalue weighted by molar-refractivity contribution is 6.39. The van der Waals surface area contributed by atoms with Gasteiger partial charge in [0.15, 0.2) is 11.5 Å². The third-order valence-corrected chi connectivity index (χ3v) is 7.03. The second-order valence-corrected chi connectivity index (χ2v) is 10.7. The maximum atomic E-state index is 13.5. The van der Waals surface area contributed by atoms with Gasteiger partial charge in [0, 0.05) is 0 Å². The molecule has 8 nitrogen and oxygen atoms in total. The Bertz CT molecular complexity index is 1710. The number of barbiturate groups is 1. The van der Waals surface area contributed by atoms with E-state index in [1.807, 2.05) is 63.2 Å².